The average Bonchev–Trinajstić information content (AvgIpc) is 3.24. The summed E-state index contributed by atoms with van der Waals surface area (Å²) in [5.41, 5.74) is 0. The minimum Gasteiger partial charge on any atom is -0.383 e. The van der Waals surface area contributed by atoms with Crippen LogP contribution in [0.5, 0.6) is 0 Å². The highest BCUT2D eigenvalue weighted by atomic mass is 16.3. The monoisotopic (exact) mass is 336 g/mol. The minimum absolute atomic E-state index is 0.0652. The number of hydrogen-bond acceptors (Lipinski definition) is 6. The van der Waals surface area contributed by atoms with Gasteiger partial charge in [-0.2, -0.15) is 4.80 Å². The molecule has 132 valence electrons. The number of aliphatic hydroxyl groups is 1. The van der Waals surface area contributed by atoms with Gasteiger partial charge in [0.15, 0.2) is 0 Å². The van der Waals surface area contributed by atoms with E-state index in [-0.39, 0.29) is 29.6 Å². The van der Waals surface area contributed by atoms with Crippen LogP contribution >= 0.6 is 0 Å². The Bertz CT molecular complexity index is 612. The lowest BCUT2D eigenvalue weighted by Crippen LogP contribution is -2.58. The molecule has 1 aliphatic heterocycles. The van der Waals surface area contributed by atoms with E-state index in [0.717, 1.165) is 25.7 Å². The van der Waals surface area contributed by atoms with Gasteiger partial charge >= 0.3 is 0 Å². The van der Waals surface area contributed by atoms with E-state index in [1.165, 1.54) is 4.80 Å². The highest BCUT2D eigenvalue weighted by Gasteiger charge is 2.37. The van der Waals surface area contributed by atoms with Crippen molar-refractivity contribution in [2.24, 2.45) is 13.0 Å². The molecule has 9 nitrogen and oxygen atoms in total. The molecule has 2 atom stereocenters. The zero-order chi connectivity index (χ0) is 17.3. The second-order valence-electron chi connectivity index (χ2n) is 6.72. The predicted octanol–water partition coefficient (Wildman–Crippen LogP) is -0.566. The quantitative estimate of drug-likeness (QED) is 0.793. The molecule has 0 bridgehead atoms. The van der Waals surface area contributed by atoms with E-state index in [2.05, 4.69) is 15.4 Å². The maximum Gasteiger partial charge on any atom is 0.295 e. The highest BCUT2D eigenvalue weighted by Crippen LogP contribution is 2.29. The molecular formula is C15H24N6O3. The van der Waals surface area contributed by atoms with Crippen LogP contribution < -0.4 is 0 Å². The third-order valence-electron chi connectivity index (χ3n) is 5.00. The molecule has 0 spiro atoms. The molecule has 0 unspecified atom stereocenters. The Morgan fingerprint density at radius 1 is 1.25 bits per heavy atom. The van der Waals surface area contributed by atoms with Crippen LogP contribution in [-0.2, 0) is 11.8 Å². The number of aromatic nitrogens is 4. The van der Waals surface area contributed by atoms with E-state index in [4.69, 9.17) is 0 Å². The molecule has 1 aromatic rings. The molecule has 24 heavy (non-hydrogen) atoms. The van der Waals surface area contributed by atoms with Gasteiger partial charge in [-0.15, -0.1) is 10.2 Å². The zero-order valence-electron chi connectivity index (χ0n) is 14.1. The summed E-state index contributed by atoms with van der Waals surface area (Å²) < 4.78 is 0. The van der Waals surface area contributed by atoms with Crippen molar-refractivity contribution < 1.29 is 14.7 Å². The number of amides is 2. The molecule has 9 heteroatoms. The van der Waals surface area contributed by atoms with Crippen molar-refractivity contribution >= 4 is 11.8 Å². The van der Waals surface area contributed by atoms with E-state index in [1.807, 2.05) is 6.92 Å². The average molecular weight is 336 g/mol. The van der Waals surface area contributed by atoms with Crippen LogP contribution in [0, 0.1) is 5.92 Å². The molecule has 1 aliphatic carbocycles. The Morgan fingerprint density at radius 2 is 1.96 bits per heavy atom. The fraction of sp³-hybridized carbons (Fsp3) is 0.800. The Kier molecular flexibility index (Phi) is 4.79. The number of piperazine rings is 1. The van der Waals surface area contributed by atoms with Crippen LogP contribution in [0.3, 0.4) is 0 Å². The number of carbonyl (C=O) groups is 2. The third kappa shape index (κ3) is 3.26. The fourth-order valence-corrected chi connectivity index (χ4v) is 3.63. The lowest BCUT2D eigenvalue weighted by Gasteiger charge is -2.40. The van der Waals surface area contributed by atoms with Crippen molar-refractivity contribution in [3.63, 3.8) is 0 Å². The largest absolute Gasteiger partial charge is 0.383 e. The van der Waals surface area contributed by atoms with Gasteiger partial charge in [-0.25, -0.2) is 0 Å². The Labute approximate surface area is 140 Å². The van der Waals surface area contributed by atoms with Crippen molar-refractivity contribution in [1.82, 2.24) is 30.0 Å². The lowest BCUT2D eigenvalue weighted by molar-refractivity contribution is -0.147. The van der Waals surface area contributed by atoms with Crippen LogP contribution in [0.25, 0.3) is 0 Å². The Morgan fingerprint density at radius 3 is 2.54 bits per heavy atom. The molecule has 1 N–H and O–H groups in total. The standard InChI is InChI=1S/C15H24N6O3/c1-10-9-20(15(24)13-16-18-19(2)17-13)7-8-21(10)14(23)12(22)11-5-3-4-6-11/h10-12,22H,3-9H2,1-2H3/t10-,12-/m0/s1. The fourth-order valence-electron chi connectivity index (χ4n) is 3.63. The van der Waals surface area contributed by atoms with Crippen molar-refractivity contribution in [1.29, 1.82) is 0 Å². The van der Waals surface area contributed by atoms with E-state index in [9.17, 15) is 14.7 Å². The first-order valence-electron chi connectivity index (χ1n) is 8.49. The van der Waals surface area contributed by atoms with E-state index in [0.29, 0.717) is 19.6 Å². The summed E-state index contributed by atoms with van der Waals surface area (Å²) in [6, 6.07) is -0.150. The lowest BCUT2D eigenvalue weighted by atomic mass is 9.98. The third-order valence-corrected chi connectivity index (χ3v) is 5.00. The summed E-state index contributed by atoms with van der Waals surface area (Å²) >= 11 is 0. The molecule has 0 radical (unpaired) electrons. The van der Waals surface area contributed by atoms with Crippen LogP contribution in [0.2, 0.25) is 0 Å². The minimum atomic E-state index is -0.918. The number of nitrogens with zero attached hydrogens (tertiary/aromatic N) is 6. The first kappa shape index (κ1) is 16.8. The molecule has 2 heterocycles. The Balaban J connectivity index is 1.60. The number of carbonyl (C=O) groups excluding carboxylic acids is 2. The second kappa shape index (κ2) is 6.84. The van der Waals surface area contributed by atoms with Crippen molar-refractivity contribution in [2.75, 3.05) is 19.6 Å². The van der Waals surface area contributed by atoms with Crippen molar-refractivity contribution in [2.45, 2.75) is 44.8 Å². The first-order valence-corrected chi connectivity index (χ1v) is 8.49. The van der Waals surface area contributed by atoms with Gasteiger partial charge in [0, 0.05) is 25.7 Å². The van der Waals surface area contributed by atoms with Gasteiger partial charge in [-0.1, -0.05) is 12.8 Å². The van der Waals surface area contributed by atoms with Crippen molar-refractivity contribution in [3.8, 4) is 0 Å². The van der Waals surface area contributed by atoms with Gasteiger partial charge in [0.05, 0.1) is 7.05 Å². The summed E-state index contributed by atoms with van der Waals surface area (Å²) in [5.74, 6) is -0.346. The number of tetrazole rings is 1. The molecule has 3 rings (SSSR count). The predicted molar refractivity (Wildman–Crippen MR) is 83.8 cm³/mol. The molecule has 0 aromatic carbocycles. The number of aryl methyl sites for hydroxylation is 1. The van der Waals surface area contributed by atoms with Crippen LogP contribution in [0.15, 0.2) is 0 Å². The summed E-state index contributed by atoms with van der Waals surface area (Å²) in [7, 11) is 1.60. The molecular weight excluding hydrogens is 312 g/mol. The van der Waals surface area contributed by atoms with Crippen molar-refractivity contribution in [3.05, 3.63) is 5.82 Å². The van der Waals surface area contributed by atoms with E-state index >= 15 is 0 Å². The van der Waals surface area contributed by atoms with Gasteiger partial charge in [0.2, 0.25) is 0 Å². The molecule has 1 saturated heterocycles. The number of aliphatic hydroxyl groups excluding tert-OH is 1. The van der Waals surface area contributed by atoms with Gasteiger partial charge in [0.25, 0.3) is 17.6 Å². The number of hydrogen-bond donors (Lipinski definition) is 1. The SMILES string of the molecule is C[C@H]1CN(C(=O)c2nnn(C)n2)CCN1C(=O)[C@@H](O)C1CCCC1. The molecule has 2 amide bonds. The molecule has 2 fully saturated rings. The molecule has 1 saturated carbocycles. The Hall–Kier alpha value is -2.03. The van der Waals surface area contributed by atoms with E-state index in [1.54, 1.807) is 16.8 Å². The highest BCUT2D eigenvalue weighted by molar-refractivity contribution is 5.90. The normalized spacial score (nSPS) is 23.5. The second-order valence-corrected chi connectivity index (χ2v) is 6.72. The van der Waals surface area contributed by atoms with Gasteiger partial charge in [0.1, 0.15) is 6.10 Å². The van der Waals surface area contributed by atoms with Crippen LogP contribution in [0.4, 0.5) is 0 Å². The van der Waals surface area contributed by atoms with Gasteiger partial charge in [-0.3, -0.25) is 9.59 Å². The summed E-state index contributed by atoms with van der Waals surface area (Å²) in [4.78, 5) is 29.5. The molecule has 1 aromatic heterocycles. The van der Waals surface area contributed by atoms with Crippen LogP contribution in [-0.4, -0.2) is 78.7 Å². The van der Waals surface area contributed by atoms with Gasteiger partial charge < -0.3 is 14.9 Å². The first-order chi connectivity index (χ1) is 11.5. The molecule has 2 aliphatic rings. The van der Waals surface area contributed by atoms with E-state index < -0.39 is 6.10 Å². The smallest absolute Gasteiger partial charge is 0.295 e. The summed E-state index contributed by atoms with van der Waals surface area (Å²) in [5, 5.41) is 21.7. The number of rotatable bonds is 3. The topological polar surface area (TPSA) is 104 Å². The van der Waals surface area contributed by atoms with Gasteiger partial charge in [-0.05, 0) is 30.9 Å². The zero-order valence-corrected chi connectivity index (χ0v) is 14.1. The summed E-state index contributed by atoms with van der Waals surface area (Å²) in [6.07, 6.45) is 3.07. The summed E-state index contributed by atoms with van der Waals surface area (Å²) in [6.45, 7) is 3.11. The maximum atomic E-state index is 12.6. The van der Waals surface area contributed by atoms with Crippen LogP contribution in [0.1, 0.15) is 43.2 Å². The maximum absolute atomic E-state index is 12.6.